The van der Waals surface area contributed by atoms with Gasteiger partial charge in [-0.2, -0.15) is 0 Å². The van der Waals surface area contributed by atoms with Crippen molar-refractivity contribution in [2.45, 2.75) is 26.7 Å². The van der Waals surface area contributed by atoms with Gasteiger partial charge in [-0.25, -0.2) is 8.78 Å². The van der Waals surface area contributed by atoms with Crippen molar-refractivity contribution in [2.24, 2.45) is 10.4 Å². The Morgan fingerprint density at radius 2 is 2.00 bits per heavy atom. The van der Waals surface area contributed by atoms with Gasteiger partial charge in [-0.05, 0) is 40.3 Å². The zero-order valence-electron chi connectivity index (χ0n) is 11.5. The SMILES string of the molecule is CCC1(CC)CN=C(Nc2cc(F)c(Br)cc2F)SC1. The third-order valence-corrected chi connectivity index (χ3v) is 5.69. The summed E-state index contributed by atoms with van der Waals surface area (Å²) in [6.45, 7) is 5.07. The van der Waals surface area contributed by atoms with Gasteiger partial charge in [-0.3, -0.25) is 4.99 Å². The van der Waals surface area contributed by atoms with E-state index in [-0.39, 0.29) is 15.6 Å². The van der Waals surface area contributed by atoms with Crippen LogP contribution in [-0.4, -0.2) is 17.5 Å². The summed E-state index contributed by atoms with van der Waals surface area (Å²) in [5, 5.41) is 3.54. The number of halogens is 3. The number of rotatable bonds is 3. The molecule has 0 radical (unpaired) electrons. The van der Waals surface area contributed by atoms with Crippen molar-refractivity contribution < 1.29 is 8.78 Å². The van der Waals surface area contributed by atoms with E-state index in [0.717, 1.165) is 37.3 Å². The lowest BCUT2D eigenvalue weighted by Gasteiger charge is -2.33. The summed E-state index contributed by atoms with van der Waals surface area (Å²) in [6, 6.07) is 2.26. The largest absolute Gasteiger partial charge is 0.333 e. The van der Waals surface area contributed by atoms with Crippen LogP contribution in [0.25, 0.3) is 0 Å². The average molecular weight is 363 g/mol. The molecule has 0 unspecified atom stereocenters. The van der Waals surface area contributed by atoms with Crippen LogP contribution in [0.4, 0.5) is 14.5 Å². The molecule has 0 saturated heterocycles. The van der Waals surface area contributed by atoms with Crippen molar-refractivity contribution >= 4 is 38.5 Å². The van der Waals surface area contributed by atoms with Gasteiger partial charge in [0, 0.05) is 18.4 Å². The van der Waals surface area contributed by atoms with Crippen molar-refractivity contribution in [1.29, 1.82) is 0 Å². The third kappa shape index (κ3) is 3.34. The Morgan fingerprint density at radius 3 is 2.55 bits per heavy atom. The van der Waals surface area contributed by atoms with Gasteiger partial charge in [0.15, 0.2) is 5.17 Å². The molecule has 0 bridgehead atoms. The quantitative estimate of drug-likeness (QED) is 0.760. The van der Waals surface area contributed by atoms with Crippen LogP contribution < -0.4 is 5.32 Å². The van der Waals surface area contributed by atoms with Crippen LogP contribution in [0.3, 0.4) is 0 Å². The molecular formula is C14H17BrF2N2S. The summed E-state index contributed by atoms with van der Waals surface area (Å²) >= 11 is 4.53. The molecule has 0 atom stereocenters. The number of nitrogens with zero attached hydrogens (tertiary/aromatic N) is 1. The summed E-state index contributed by atoms with van der Waals surface area (Å²) in [6.07, 6.45) is 2.16. The summed E-state index contributed by atoms with van der Waals surface area (Å²) in [5.41, 5.74) is 0.358. The van der Waals surface area contributed by atoms with E-state index >= 15 is 0 Å². The van der Waals surface area contributed by atoms with Gasteiger partial charge < -0.3 is 5.32 Å². The lowest BCUT2D eigenvalue weighted by Crippen LogP contribution is -2.32. The van der Waals surface area contributed by atoms with Gasteiger partial charge in [-0.1, -0.05) is 25.6 Å². The van der Waals surface area contributed by atoms with Crippen LogP contribution in [0.1, 0.15) is 26.7 Å². The second-order valence-electron chi connectivity index (χ2n) is 4.99. The first-order valence-electron chi connectivity index (χ1n) is 6.58. The smallest absolute Gasteiger partial charge is 0.161 e. The van der Waals surface area contributed by atoms with Gasteiger partial charge in [0.2, 0.25) is 0 Å². The predicted octanol–water partition coefficient (Wildman–Crippen LogP) is 5.05. The number of nitrogens with one attached hydrogen (secondary N) is 1. The van der Waals surface area contributed by atoms with Crippen LogP contribution in [0.15, 0.2) is 21.6 Å². The predicted molar refractivity (Wildman–Crippen MR) is 85.5 cm³/mol. The highest BCUT2D eigenvalue weighted by atomic mass is 79.9. The highest BCUT2D eigenvalue weighted by Gasteiger charge is 2.30. The molecule has 1 heterocycles. The second-order valence-corrected chi connectivity index (χ2v) is 6.81. The fourth-order valence-electron chi connectivity index (χ4n) is 2.04. The number of aliphatic imine (C=N–C) groups is 1. The minimum atomic E-state index is -0.496. The second kappa shape index (κ2) is 6.43. The van der Waals surface area contributed by atoms with Gasteiger partial charge in [0.05, 0.1) is 10.2 Å². The van der Waals surface area contributed by atoms with E-state index < -0.39 is 11.6 Å². The number of benzene rings is 1. The monoisotopic (exact) mass is 362 g/mol. The zero-order chi connectivity index (χ0) is 14.8. The molecule has 0 aliphatic carbocycles. The number of thioether (sulfide) groups is 1. The first kappa shape index (κ1) is 15.8. The Balaban J connectivity index is 2.13. The molecule has 1 aliphatic rings. The van der Waals surface area contributed by atoms with E-state index in [1.807, 2.05) is 0 Å². The Hall–Kier alpha value is -0.620. The molecule has 1 aliphatic heterocycles. The van der Waals surface area contributed by atoms with E-state index in [9.17, 15) is 8.78 Å². The number of hydrogen-bond donors (Lipinski definition) is 1. The van der Waals surface area contributed by atoms with Crippen LogP contribution in [0, 0.1) is 17.0 Å². The maximum absolute atomic E-state index is 13.7. The fraction of sp³-hybridized carbons (Fsp3) is 0.500. The Morgan fingerprint density at radius 1 is 1.30 bits per heavy atom. The Bertz CT molecular complexity index is 530. The zero-order valence-corrected chi connectivity index (χ0v) is 13.9. The number of amidine groups is 1. The van der Waals surface area contributed by atoms with Crippen LogP contribution in [0.2, 0.25) is 0 Å². The highest BCUT2D eigenvalue weighted by Crippen LogP contribution is 2.35. The summed E-state index contributed by atoms with van der Waals surface area (Å²) in [5.74, 6) is -0.0388. The first-order valence-corrected chi connectivity index (χ1v) is 8.36. The molecule has 110 valence electrons. The van der Waals surface area contributed by atoms with Gasteiger partial charge in [0.1, 0.15) is 11.6 Å². The molecule has 1 aromatic rings. The number of anilines is 1. The van der Waals surface area contributed by atoms with Gasteiger partial charge >= 0.3 is 0 Å². The molecular weight excluding hydrogens is 346 g/mol. The fourth-order valence-corrected chi connectivity index (χ4v) is 3.63. The molecule has 1 aromatic carbocycles. The van der Waals surface area contributed by atoms with E-state index in [4.69, 9.17) is 0 Å². The minimum Gasteiger partial charge on any atom is -0.333 e. The Kier molecular flexibility index (Phi) is 5.07. The van der Waals surface area contributed by atoms with E-state index in [1.54, 1.807) is 11.8 Å². The van der Waals surface area contributed by atoms with Crippen molar-refractivity contribution in [1.82, 2.24) is 0 Å². The topological polar surface area (TPSA) is 24.4 Å². The molecule has 0 fully saturated rings. The molecule has 20 heavy (non-hydrogen) atoms. The average Bonchev–Trinajstić information content (AvgIpc) is 2.46. The van der Waals surface area contributed by atoms with E-state index in [1.165, 1.54) is 0 Å². The molecule has 2 rings (SSSR count). The van der Waals surface area contributed by atoms with Crippen molar-refractivity contribution in [2.75, 3.05) is 17.6 Å². The molecule has 0 saturated carbocycles. The van der Waals surface area contributed by atoms with Crippen molar-refractivity contribution in [3.63, 3.8) is 0 Å². The van der Waals surface area contributed by atoms with Gasteiger partial charge in [-0.15, -0.1) is 0 Å². The summed E-state index contributed by atoms with van der Waals surface area (Å²) in [4.78, 5) is 4.48. The third-order valence-electron chi connectivity index (χ3n) is 3.82. The molecule has 0 amide bonds. The molecule has 0 aromatic heterocycles. The normalized spacial score (nSPS) is 17.8. The lowest BCUT2D eigenvalue weighted by atomic mass is 9.84. The standard InChI is InChI=1S/C14H17BrF2N2S/c1-3-14(4-2)7-18-13(20-8-14)19-12-6-10(16)9(15)5-11(12)17/h5-6H,3-4,7-8H2,1-2H3,(H,18,19). The maximum Gasteiger partial charge on any atom is 0.161 e. The van der Waals surface area contributed by atoms with Crippen molar-refractivity contribution in [3.05, 3.63) is 28.2 Å². The van der Waals surface area contributed by atoms with Crippen molar-refractivity contribution in [3.8, 4) is 0 Å². The van der Waals surface area contributed by atoms with Crippen LogP contribution >= 0.6 is 27.7 Å². The summed E-state index contributed by atoms with van der Waals surface area (Å²) < 4.78 is 27.3. The molecule has 0 spiro atoms. The molecule has 2 nitrogen and oxygen atoms in total. The summed E-state index contributed by atoms with van der Waals surface area (Å²) in [7, 11) is 0. The molecule has 6 heteroatoms. The Labute approximate surface area is 130 Å². The maximum atomic E-state index is 13.7. The van der Waals surface area contributed by atoms with Gasteiger partial charge in [0.25, 0.3) is 0 Å². The first-order chi connectivity index (χ1) is 9.49. The lowest BCUT2D eigenvalue weighted by molar-refractivity contribution is 0.318. The minimum absolute atomic E-state index is 0.120. The van der Waals surface area contributed by atoms with Crippen LogP contribution in [-0.2, 0) is 0 Å². The number of hydrogen-bond acceptors (Lipinski definition) is 3. The van der Waals surface area contributed by atoms with E-state index in [2.05, 4.69) is 40.1 Å². The van der Waals surface area contributed by atoms with Crippen LogP contribution in [0.5, 0.6) is 0 Å². The van der Waals surface area contributed by atoms with E-state index in [0.29, 0.717) is 5.17 Å². The highest BCUT2D eigenvalue weighted by molar-refractivity contribution is 9.10. The molecule has 1 N–H and O–H groups in total.